The predicted octanol–water partition coefficient (Wildman–Crippen LogP) is 2.95. The zero-order valence-electron chi connectivity index (χ0n) is 12.9. The summed E-state index contributed by atoms with van der Waals surface area (Å²) in [7, 11) is 0. The van der Waals surface area contributed by atoms with Crippen molar-refractivity contribution in [2.75, 3.05) is 18.9 Å². The zero-order chi connectivity index (χ0) is 15.9. The second-order valence-electron chi connectivity index (χ2n) is 5.42. The van der Waals surface area contributed by atoms with Gasteiger partial charge in [-0.1, -0.05) is 6.07 Å². The highest BCUT2D eigenvalue weighted by atomic mass is 32.2. The van der Waals surface area contributed by atoms with Crippen LogP contribution >= 0.6 is 11.8 Å². The Bertz CT molecular complexity index is 644. The lowest BCUT2D eigenvalue weighted by molar-refractivity contribution is 0.100. The van der Waals surface area contributed by atoms with Crippen LogP contribution in [-0.4, -0.2) is 40.1 Å². The van der Waals surface area contributed by atoms with E-state index in [0.29, 0.717) is 13.0 Å². The van der Waals surface area contributed by atoms with Gasteiger partial charge in [-0.05, 0) is 48.7 Å². The first kappa shape index (κ1) is 16.0. The second-order valence-corrected chi connectivity index (χ2v) is 6.51. The van der Waals surface area contributed by atoms with E-state index in [4.69, 9.17) is 4.74 Å². The largest absolute Gasteiger partial charge is 0.491 e. The standard InChI is InChI=1S/C18H20N2O2S/c21-16(6-3-14-2-1-9-19-12-14)13-22-17-7-4-15(5-8-17)18-20-10-11-23-18/h1-2,4-5,7-9,12,16,21H,3,6,10-11,13H2. The summed E-state index contributed by atoms with van der Waals surface area (Å²) in [6, 6.07) is 11.8. The lowest BCUT2D eigenvalue weighted by Crippen LogP contribution is -2.18. The average molecular weight is 328 g/mol. The van der Waals surface area contributed by atoms with Crippen molar-refractivity contribution in [3.63, 3.8) is 0 Å². The normalized spacial score (nSPS) is 15.3. The van der Waals surface area contributed by atoms with Gasteiger partial charge in [-0.2, -0.15) is 0 Å². The number of thioether (sulfide) groups is 1. The summed E-state index contributed by atoms with van der Waals surface area (Å²) in [5.41, 5.74) is 2.27. The molecule has 1 aromatic heterocycles. The Balaban J connectivity index is 1.44. The van der Waals surface area contributed by atoms with Gasteiger partial charge in [0, 0.05) is 30.3 Å². The Hall–Kier alpha value is -1.85. The first-order chi connectivity index (χ1) is 11.3. The van der Waals surface area contributed by atoms with Crippen LogP contribution < -0.4 is 4.74 Å². The number of benzene rings is 1. The van der Waals surface area contributed by atoms with Crippen molar-refractivity contribution in [3.8, 4) is 5.75 Å². The molecule has 2 aromatic rings. The van der Waals surface area contributed by atoms with Gasteiger partial charge in [-0.25, -0.2) is 0 Å². The Kier molecular flexibility index (Phi) is 5.66. The van der Waals surface area contributed by atoms with Crippen LogP contribution in [0.5, 0.6) is 5.75 Å². The molecule has 0 radical (unpaired) electrons. The molecule has 1 unspecified atom stereocenters. The number of aryl methyl sites for hydroxylation is 1. The van der Waals surface area contributed by atoms with Crippen LogP contribution in [0.15, 0.2) is 53.8 Å². The highest BCUT2D eigenvalue weighted by Crippen LogP contribution is 2.21. The van der Waals surface area contributed by atoms with Crippen molar-refractivity contribution in [1.82, 2.24) is 4.98 Å². The molecule has 0 saturated heterocycles. The summed E-state index contributed by atoms with van der Waals surface area (Å²) in [6.07, 6.45) is 4.56. The van der Waals surface area contributed by atoms with Gasteiger partial charge in [0.1, 0.15) is 12.4 Å². The molecule has 2 heterocycles. The summed E-state index contributed by atoms with van der Waals surface area (Å²) >= 11 is 1.79. The fraction of sp³-hybridized carbons (Fsp3) is 0.333. The number of pyridine rings is 1. The smallest absolute Gasteiger partial charge is 0.119 e. The topological polar surface area (TPSA) is 54.7 Å². The number of aliphatic hydroxyl groups excluding tert-OH is 1. The maximum atomic E-state index is 10.0. The maximum Gasteiger partial charge on any atom is 0.119 e. The van der Waals surface area contributed by atoms with Crippen LogP contribution in [0.1, 0.15) is 17.5 Å². The molecule has 0 amide bonds. The monoisotopic (exact) mass is 328 g/mol. The minimum atomic E-state index is -0.482. The number of nitrogens with zero attached hydrogens (tertiary/aromatic N) is 2. The van der Waals surface area contributed by atoms with Gasteiger partial charge in [0.15, 0.2) is 0 Å². The molecule has 23 heavy (non-hydrogen) atoms. The summed E-state index contributed by atoms with van der Waals surface area (Å²) in [4.78, 5) is 8.53. The van der Waals surface area contributed by atoms with E-state index in [1.165, 1.54) is 0 Å². The molecule has 1 N–H and O–H groups in total. The van der Waals surface area contributed by atoms with Gasteiger partial charge in [0.2, 0.25) is 0 Å². The van der Waals surface area contributed by atoms with Crippen LogP contribution in [0.4, 0.5) is 0 Å². The zero-order valence-corrected chi connectivity index (χ0v) is 13.7. The van der Waals surface area contributed by atoms with Gasteiger partial charge >= 0.3 is 0 Å². The quantitative estimate of drug-likeness (QED) is 0.849. The van der Waals surface area contributed by atoms with Gasteiger partial charge in [-0.3, -0.25) is 9.98 Å². The van der Waals surface area contributed by atoms with E-state index in [-0.39, 0.29) is 0 Å². The SMILES string of the molecule is OC(CCc1cccnc1)COc1ccc(C2=NCCS2)cc1. The molecule has 0 spiro atoms. The average Bonchev–Trinajstić information content (AvgIpc) is 3.14. The summed E-state index contributed by atoms with van der Waals surface area (Å²) in [5, 5.41) is 11.1. The second kappa shape index (κ2) is 8.13. The van der Waals surface area contributed by atoms with Crippen molar-refractivity contribution in [3.05, 3.63) is 59.9 Å². The lowest BCUT2D eigenvalue weighted by atomic mass is 10.1. The maximum absolute atomic E-state index is 10.0. The van der Waals surface area contributed by atoms with Crippen molar-refractivity contribution in [2.45, 2.75) is 18.9 Å². The molecular formula is C18H20N2O2S. The van der Waals surface area contributed by atoms with E-state index in [1.807, 2.05) is 42.6 Å². The molecule has 120 valence electrons. The third-order valence-corrected chi connectivity index (χ3v) is 4.64. The molecule has 1 atom stereocenters. The van der Waals surface area contributed by atoms with Gasteiger partial charge in [0.05, 0.1) is 11.1 Å². The molecule has 0 fully saturated rings. The molecule has 1 aromatic carbocycles. The first-order valence-electron chi connectivity index (χ1n) is 7.79. The number of hydrogen-bond donors (Lipinski definition) is 1. The molecule has 3 rings (SSSR count). The van der Waals surface area contributed by atoms with E-state index >= 15 is 0 Å². The van der Waals surface area contributed by atoms with Crippen LogP contribution in [0.3, 0.4) is 0 Å². The summed E-state index contributed by atoms with van der Waals surface area (Å²) < 4.78 is 5.66. The van der Waals surface area contributed by atoms with E-state index in [9.17, 15) is 5.11 Å². The van der Waals surface area contributed by atoms with Crippen LogP contribution in [0.2, 0.25) is 0 Å². The minimum Gasteiger partial charge on any atom is -0.491 e. The van der Waals surface area contributed by atoms with E-state index in [1.54, 1.807) is 18.0 Å². The van der Waals surface area contributed by atoms with Crippen molar-refractivity contribution in [2.24, 2.45) is 4.99 Å². The fourth-order valence-corrected chi connectivity index (χ4v) is 3.22. The third kappa shape index (κ3) is 4.81. The van der Waals surface area contributed by atoms with Crippen LogP contribution in [0.25, 0.3) is 0 Å². The minimum absolute atomic E-state index is 0.301. The van der Waals surface area contributed by atoms with Crippen LogP contribution in [-0.2, 0) is 6.42 Å². The Morgan fingerprint density at radius 3 is 2.78 bits per heavy atom. The highest BCUT2D eigenvalue weighted by Gasteiger charge is 2.10. The molecule has 1 aliphatic rings. The predicted molar refractivity (Wildman–Crippen MR) is 94.4 cm³/mol. The molecule has 1 aliphatic heterocycles. The van der Waals surface area contributed by atoms with E-state index in [0.717, 1.165) is 40.6 Å². The number of hydrogen-bond acceptors (Lipinski definition) is 5. The van der Waals surface area contributed by atoms with Gasteiger partial charge < -0.3 is 9.84 Å². The van der Waals surface area contributed by atoms with E-state index in [2.05, 4.69) is 9.98 Å². The lowest BCUT2D eigenvalue weighted by Gasteiger charge is -2.12. The summed E-state index contributed by atoms with van der Waals surface area (Å²) in [6.45, 7) is 1.21. The Morgan fingerprint density at radius 1 is 1.22 bits per heavy atom. The molecule has 5 heteroatoms. The third-order valence-electron chi connectivity index (χ3n) is 3.62. The Morgan fingerprint density at radius 2 is 2.09 bits per heavy atom. The number of aromatic nitrogens is 1. The number of aliphatic hydroxyl groups is 1. The number of aliphatic imine (C=N–C) groups is 1. The van der Waals surface area contributed by atoms with Crippen molar-refractivity contribution < 1.29 is 9.84 Å². The van der Waals surface area contributed by atoms with Crippen molar-refractivity contribution >= 4 is 16.8 Å². The van der Waals surface area contributed by atoms with Crippen LogP contribution in [0, 0.1) is 0 Å². The molecule has 0 bridgehead atoms. The number of ether oxygens (including phenoxy) is 1. The first-order valence-corrected chi connectivity index (χ1v) is 8.77. The molecule has 0 saturated carbocycles. The van der Waals surface area contributed by atoms with E-state index < -0.39 is 6.10 Å². The fourth-order valence-electron chi connectivity index (χ4n) is 2.36. The molecule has 0 aliphatic carbocycles. The Labute approximate surface area is 140 Å². The number of rotatable bonds is 7. The van der Waals surface area contributed by atoms with Gasteiger partial charge in [-0.15, -0.1) is 11.8 Å². The summed E-state index contributed by atoms with van der Waals surface area (Å²) in [5.74, 6) is 1.84. The van der Waals surface area contributed by atoms with Gasteiger partial charge in [0.25, 0.3) is 0 Å². The molecular weight excluding hydrogens is 308 g/mol. The highest BCUT2D eigenvalue weighted by molar-refractivity contribution is 8.14. The van der Waals surface area contributed by atoms with Crippen molar-refractivity contribution in [1.29, 1.82) is 0 Å². The molecule has 4 nitrogen and oxygen atoms in total.